The van der Waals surface area contributed by atoms with Gasteiger partial charge < -0.3 is 25.5 Å². The molecule has 7 heteroatoms. The lowest BCUT2D eigenvalue weighted by Gasteiger charge is -2.22. The molecule has 0 aliphatic carbocycles. The van der Waals surface area contributed by atoms with E-state index < -0.39 is 5.97 Å². The quantitative estimate of drug-likeness (QED) is 0.0363. The van der Waals surface area contributed by atoms with Crippen molar-refractivity contribution in [2.24, 2.45) is 23.7 Å². The Balaban J connectivity index is 0.00000596. The fourth-order valence-corrected chi connectivity index (χ4v) is 3.48. The van der Waals surface area contributed by atoms with Gasteiger partial charge in [0.15, 0.2) is 0 Å². The number of hydrogen-bond acceptors (Lipinski definition) is 7. The van der Waals surface area contributed by atoms with E-state index >= 15 is 0 Å². The Kier molecular flexibility index (Phi) is 17.2. The SMILES string of the molecule is C=C(/C=C\C(=C)C(C)CCC(C)C(C)CCC(C)C)O/C=C/C(=O)OCc1cc(N)cc(N)c1.OS. The van der Waals surface area contributed by atoms with Crippen molar-refractivity contribution >= 4 is 30.3 Å². The van der Waals surface area contributed by atoms with Crippen LogP contribution in [0.3, 0.4) is 0 Å². The van der Waals surface area contributed by atoms with Crippen molar-refractivity contribution in [3.63, 3.8) is 0 Å². The Morgan fingerprint density at radius 1 is 0.917 bits per heavy atom. The molecule has 202 valence electrons. The zero-order valence-electron chi connectivity index (χ0n) is 22.6. The van der Waals surface area contributed by atoms with Crippen molar-refractivity contribution in [2.45, 2.75) is 66.9 Å². The van der Waals surface area contributed by atoms with Gasteiger partial charge in [0.1, 0.15) is 12.4 Å². The second kappa shape index (κ2) is 18.6. The molecule has 36 heavy (non-hydrogen) atoms. The Morgan fingerprint density at radius 2 is 1.47 bits per heavy atom. The molecule has 0 radical (unpaired) electrons. The lowest BCUT2D eigenvalue weighted by Crippen LogP contribution is -2.11. The van der Waals surface area contributed by atoms with Crippen LogP contribution in [0.2, 0.25) is 0 Å². The van der Waals surface area contributed by atoms with Crippen LogP contribution in [0.15, 0.2) is 67.2 Å². The topological polar surface area (TPSA) is 108 Å². The first-order valence-corrected chi connectivity index (χ1v) is 12.8. The highest BCUT2D eigenvalue weighted by molar-refractivity contribution is 7.74. The first-order chi connectivity index (χ1) is 17.0. The van der Waals surface area contributed by atoms with Crippen molar-refractivity contribution in [2.75, 3.05) is 11.5 Å². The number of carbonyl (C=O) groups excluding carboxylic acids is 1. The third-order valence-corrected chi connectivity index (χ3v) is 6.18. The van der Waals surface area contributed by atoms with Crippen molar-refractivity contribution in [3.8, 4) is 0 Å². The number of allylic oxidation sites excluding steroid dienone is 3. The first kappa shape index (κ1) is 33.4. The summed E-state index contributed by atoms with van der Waals surface area (Å²) in [7, 11) is 0. The van der Waals surface area contributed by atoms with Crippen LogP contribution in [-0.2, 0) is 20.9 Å². The molecule has 0 bridgehead atoms. The van der Waals surface area contributed by atoms with E-state index in [9.17, 15) is 4.79 Å². The summed E-state index contributed by atoms with van der Waals surface area (Å²) in [6.45, 7) is 19.6. The van der Waals surface area contributed by atoms with E-state index in [1.54, 1.807) is 24.3 Å². The molecular formula is C29H46N2O4S. The first-order valence-electron chi connectivity index (χ1n) is 12.4. The molecule has 0 heterocycles. The average molecular weight is 519 g/mol. The molecule has 3 unspecified atom stereocenters. The van der Waals surface area contributed by atoms with Crippen LogP contribution in [0.4, 0.5) is 11.4 Å². The van der Waals surface area contributed by atoms with Crippen LogP contribution in [0.1, 0.15) is 65.9 Å². The van der Waals surface area contributed by atoms with Gasteiger partial charge in [-0.2, -0.15) is 0 Å². The van der Waals surface area contributed by atoms with Crippen molar-refractivity contribution < 1.29 is 18.8 Å². The van der Waals surface area contributed by atoms with Crippen LogP contribution in [0.25, 0.3) is 0 Å². The summed E-state index contributed by atoms with van der Waals surface area (Å²) in [6.07, 6.45) is 11.0. The molecule has 0 aliphatic heterocycles. The maximum Gasteiger partial charge on any atom is 0.334 e. The number of anilines is 2. The molecule has 1 aromatic rings. The average Bonchev–Trinajstić information content (AvgIpc) is 2.83. The van der Waals surface area contributed by atoms with Crippen LogP contribution >= 0.6 is 12.9 Å². The highest BCUT2D eigenvalue weighted by Gasteiger charge is 2.15. The van der Waals surface area contributed by atoms with Gasteiger partial charge in [-0.05, 0) is 79.3 Å². The minimum absolute atomic E-state index is 0.0755. The molecular weight excluding hydrogens is 472 g/mol. The minimum atomic E-state index is -0.535. The van der Waals surface area contributed by atoms with Crippen molar-refractivity contribution in [1.29, 1.82) is 0 Å². The molecule has 3 atom stereocenters. The van der Waals surface area contributed by atoms with Gasteiger partial charge in [-0.1, -0.05) is 72.3 Å². The molecule has 0 fully saturated rings. The second-order valence-electron chi connectivity index (χ2n) is 9.81. The molecule has 1 aromatic carbocycles. The highest BCUT2D eigenvalue weighted by atomic mass is 32.1. The lowest BCUT2D eigenvalue weighted by atomic mass is 9.83. The second-order valence-corrected chi connectivity index (χ2v) is 9.81. The molecule has 0 spiro atoms. The number of ether oxygens (including phenoxy) is 2. The molecule has 0 saturated heterocycles. The van der Waals surface area contributed by atoms with Gasteiger partial charge in [0, 0.05) is 11.4 Å². The summed E-state index contributed by atoms with van der Waals surface area (Å²) in [4.78, 5) is 11.9. The number of nitrogen functional groups attached to an aromatic ring is 2. The van der Waals surface area contributed by atoms with E-state index in [0.717, 1.165) is 29.4 Å². The third kappa shape index (κ3) is 15.4. The van der Waals surface area contributed by atoms with Gasteiger partial charge >= 0.3 is 5.97 Å². The van der Waals surface area contributed by atoms with Crippen molar-refractivity contribution in [1.82, 2.24) is 0 Å². The van der Waals surface area contributed by atoms with Gasteiger partial charge in [0.05, 0.1) is 12.3 Å². The largest absolute Gasteiger partial charge is 0.465 e. The van der Waals surface area contributed by atoms with E-state index in [-0.39, 0.29) is 6.61 Å². The summed E-state index contributed by atoms with van der Waals surface area (Å²) in [5.74, 6) is 2.48. The lowest BCUT2D eigenvalue weighted by molar-refractivity contribution is -0.139. The fraction of sp³-hybridized carbons (Fsp3) is 0.483. The van der Waals surface area contributed by atoms with E-state index in [2.05, 4.69) is 60.7 Å². The smallest absolute Gasteiger partial charge is 0.334 e. The molecule has 6 nitrogen and oxygen atoms in total. The Morgan fingerprint density at radius 3 is 2.03 bits per heavy atom. The van der Waals surface area contributed by atoms with E-state index in [0.29, 0.717) is 29.0 Å². The molecule has 0 aliphatic rings. The van der Waals surface area contributed by atoms with Crippen molar-refractivity contribution in [3.05, 3.63) is 72.7 Å². The number of carbonyl (C=O) groups is 1. The summed E-state index contributed by atoms with van der Waals surface area (Å²) in [5, 5.41) is 0. The van der Waals surface area contributed by atoms with Crippen LogP contribution in [-0.4, -0.2) is 10.5 Å². The number of esters is 1. The monoisotopic (exact) mass is 518 g/mol. The summed E-state index contributed by atoms with van der Waals surface area (Å²) in [6, 6.07) is 5.06. The van der Waals surface area contributed by atoms with E-state index in [1.807, 2.05) is 6.08 Å². The molecule has 0 amide bonds. The standard InChI is InChI=1S/C29H44N2O3.H2OS/c1-20(2)8-9-21(3)22(4)10-11-23(5)24(6)12-13-25(7)33-15-14-29(32)34-19-26-16-27(30)18-28(31)17-26;1-2/h12-18,20-23H,6-11,19,30-31H2,1-5H3;1-2H/b13-12-,15-14+;. The van der Waals surface area contributed by atoms with Gasteiger partial charge in [-0.15, -0.1) is 0 Å². The number of thiol groups is 1. The minimum Gasteiger partial charge on any atom is -0.465 e. The van der Waals surface area contributed by atoms with E-state index in [4.69, 9.17) is 25.5 Å². The normalized spacial score (nSPS) is 13.7. The Bertz CT molecular complexity index is 860. The number of benzene rings is 1. The highest BCUT2D eigenvalue weighted by Crippen LogP contribution is 2.27. The fourth-order valence-electron chi connectivity index (χ4n) is 3.48. The number of nitrogens with two attached hydrogens (primary N) is 2. The third-order valence-electron chi connectivity index (χ3n) is 6.18. The molecule has 0 saturated carbocycles. The molecule has 0 aromatic heterocycles. The maximum absolute atomic E-state index is 11.9. The van der Waals surface area contributed by atoms with Gasteiger partial charge in [-0.3, -0.25) is 0 Å². The predicted octanol–water partition coefficient (Wildman–Crippen LogP) is 7.56. The summed E-state index contributed by atoms with van der Waals surface area (Å²) in [5.41, 5.74) is 14.3. The molecule has 5 N–H and O–H groups in total. The van der Waals surface area contributed by atoms with Crippen LogP contribution in [0.5, 0.6) is 0 Å². The van der Waals surface area contributed by atoms with Gasteiger partial charge in [-0.25, -0.2) is 4.79 Å². The Hall–Kier alpha value is -2.64. The number of hydrogen-bond donors (Lipinski definition) is 4. The van der Waals surface area contributed by atoms with Gasteiger partial charge in [0.2, 0.25) is 0 Å². The maximum atomic E-state index is 11.9. The Labute approximate surface area is 223 Å². The van der Waals surface area contributed by atoms with E-state index in [1.165, 1.54) is 31.6 Å². The summed E-state index contributed by atoms with van der Waals surface area (Å²) < 4.78 is 17.2. The van der Waals surface area contributed by atoms with Crippen LogP contribution < -0.4 is 11.5 Å². The zero-order chi connectivity index (χ0) is 27.7. The van der Waals surface area contributed by atoms with Crippen LogP contribution in [0, 0.1) is 23.7 Å². The predicted molar refractivity (Wildman–Crippen MR) is 155 cm³/mol. The molecule has 1 rings (SSSR count). The zero-order valence-corrected chi connectivity index (χ0v) is 23.5. The van der Waals surface area contributed by atoms with Gasteiger partial charge in [0.25, 0.3) is 0 Å². The number of rotatable bonds is 15. The summed E-state index contributed by atoms with van der Waals surface area (Å²) >= 11 is 2.53.